The van der Waals surface area contributed by atoms with Crippen LogP contribution in [0.3, 0.4) is 0 Å². The van der Waals surface area contributed by atoms with Crippen LogP contribution in [-0.4, -0.2) is 49.9 Å². The molecule has 1 heterocycles. The Balaban J connectivity index is 0.000000457. The van der Waals surface area contributed by atoms with Crippen molar-refractivity contribution in [2.75, 3.05) is 42.3 Å². The number of aliphatic hydroxyl groups excluding tert-OH is 1. The van der Waals surface area contributed by atoms with Gasteiger partial charge in [0.25, 0.3) is 0 Å². The van der Waals surface area contributed by atoms with Gasteiger partial charge in [-0.25, -0.2) is 0 Å². The smallest absolute Gasteiger partial charge is 0.246 e. The van der Waals surface area contributed by atoms with Crippen LogP contribution >= 0.6 is 23.2 Å². The zero-order valence-electron chi connectivity index (χ0n) is 20.1. The Kier molecular flexibility index (Phi) is 11.6. The van der Waals surface area contributed by atoms with Crippen molar-refractivity contribution in [1.29, 1.82) is 0 Å². The van der Waals surface area contributed by atoms with Crippen LogP contribution in [0.1, 0.15) is 30.5 Å². The largest absolute Gasteiger partial charge is 0.396 e. The normalized spacial score (nSPS) is 11.9. The van der Waals surface area contributed by atoms with Crippen molar-refractivity contribution < 1.29 is 14.7 Å². The van der Waals surface area contributed by atoms with E-state index < -0.39 is 0 Å². The number of hydrogen-bond acceptors (Lipinski definition) is 5. The van der Waals surface area contributed by atoms with Crippen LogP contribution in [0.25, 0.3) is 0 Å². The first kappa shape index (κ1) is 29.8. The van der Waals surface area contributed by atoms with Crippen molar-refractivity contribution in [3.63, 3.8) is 0 Å². The van der Waals surface area contributed by atoms with Crippen LogP contribution in [0.5, 0.6) is 0 Å². The molecule has 1 aliphatic heterocycles. The number of fused-ring (bicyclic) bond motifs is 1. The summed E-state index contributed by atoms with van der Waals surface area (Å²) in [4.78, 5) is 29.4. The molecule has 0 radical (unpaired) electrons. The van der Waals surface area contributed by atoms with E-state index in [2.05, 4.69) is 15.6 Å². The number of anilines is 3. The van der Waals surface area contributed by atoms with Gasteiger partial charge in [-0.15, -0.1) is 0 Å². The summed E-state index contributed by atoms with van der Waals surface area (Å²) in [6.45, 7) is 2.68. The molecule has 0 fully saturated rings. The maximum atomic E-state index is 12.0. The van der Waals surface area contributed by atoms with Crippen molar-refractivity contribution in [3.8, 4) is 0 Å². The summed E-state index contributed by atoms with van der Waals surface area (Å²) >= 11 is 11.9. The summed E-state index contributed by atoms with van der Waals surface area (Å²) in [5.74, 6) is -0.196. The molecule has 0 saturated carbocycles. The second-order valence-corrected chi connectivity index (χ2v) is 8.99. The van der Waals surface area contributed by atoms with E-state index in [0.29, 0.717) is 41.5 Å². The second kappa shape index (κ2) is 14.4. The van der Waals surface area contributed by atoms with Crippen LogP contribution in [0.2, 0.25) is 10.0 Å². The van der Waals surface area contributed by atoms with E-state index in [0.717, 1.165) is 27.4 Å². The highest BCUT2D eigenvalue weighted by atomic mass is 35.5. The van der Waals surface area contributed by atoms with Gasteiger partial charge < -0.3 is 20.6 Å². The fourth-order valence-corrected chi connectivity index (χ4v) is 3.96. The van der Waals surface area contributed by atoms with E-state index in [4.69, 9.17) is 28.3 Å². The van der Waals surface area contributed by atoms with E-state index in [1.807, 2.05) is 55.3 Å². The van der Waals surface area contributed by atoms with Gasteiger partial charge in [-0.1, -0.05) is 54.9 Å². The molecular formula is C28H32Cl2N4O3. The Bertz CT molecular complexity index is 1240. The van der Waals surface area contributed by atoms with Crippen molar-refractivity contribution in [2.45, 2.75) is 20.8 Å². The van der Waals surface area contributed by atoms with E-state index in [9.17, 15) is 9.59 Å². The number of benzene rings is 3. The minimum Gasteiger partial charge on any atom is -0.396 e. The third-order valence-electron chi connectivity index (χ3n) is 5.52. The number of hydrogen-bond donors (Lipinski definition) is 3. The average Bonchev–Trinajstić information content (AvgIpc) is 3.03. The number of aliphatic hydroxyl groups is 1. The maximum Gasteiger partial charge on any atom is 0.246 e. The molecule has 4 rings (SSSR count). The molecule has 0 spiro atoms. The highest BCUT2D eigenvalue weighted by Crippen LogP contribution is 2.31. The Hall–Kier alpha value is -3.39. The van der Waals surface area contributed by atoms with Crippen LogP contribution in [0.4, 0.5) is 17.1 Å². The molecule has 7 nitrogen and oxygen atoms in total. The van der Waals surface area contributed by atoms with Gasteiger partial charge >= 0.3 is 0 Å². The molecule has 2 amide bonds. The first-order valence-corrected chi connectivity index (χ1v) is 12.1. The molecule has 9 heteroatoms. The highest BCUT2D eigenvalue weighted by molar-refractivity contribution is 6.32. The number of nitrogens with one attached hydrogen (secondary N) is 2. The van der Waals surface area contributed by atoms with Crippen LogP contribution in [0, 0.1) is 6.92 Å². The summed E-state index contributed by atoms with van der Waals surface area (Å²) in [5, 5.41) is 16.0. The van der Waals surface area contributed by atoms with Crippen LogP contribution in [-0.2, 0) is 9.59 Å². The molecule has 3 N–H and O–H groups in total. The average molecular weight is 543 g/mol. The van der Waals surface area contributed by atoms with Crippen molar-refractivity contribution in [2.24, 2.45) is 4.99 Å². The number of aryl methyl sites for hydroxylation is 1. The van der Waals surface area contributed by atoms with E-state index in [1.54, 1.807) is 24.3 Å². The van der Waals surface area contributed by atoms with Gasteiger partial charge in [-0.2, -0.15) is 0 Å². The van der Waals surface area contributed by atoms with Crippen molar-refractivity contribution in [3.05, 3.63) is 87.4 Å². The quantitative estimate of drug-likeness (QED) is 0.329. The molecule has 37 heavy (non-hydrogen) atoms. The molecule has 0 saturated heterocycles. The van der Waals surface area contributed by atoms with Gasteiger partial charge in [-0.3, -0.25) is 14.6 Å². The van der Waals surface area contributed by atoms with E-state index in [1.165, 1.54) is 0 Å². The lowest BCUT2D eigenvalue weighted by atomic mass is 9.99. The monoisotopic (exact) mass is 542 g/mol. The van der Waals surface area contributed by atoms with Crippen molar-refractivity contribution >= 4 is 58.3 Å². The third kappa shape index (κ3) is 8.05. The number of carbonyl (C=O) groups is 2. The molecule has 0 aromatic heterocycles. The lowest BCUT2D eigenvalue weighted by molar-refractivity contribution is -0.114. The Morgan fingerprint density at radius 2 is 1.89 bits per heavy atom. The van der Waals surface area contributed by atoms with Crippen LogP contribution < -0.4 is 15.5 Å². The molecule has 0 aliphatic carbocycles. The number of benzodiazepines with no additional fused rings is 1. The second-order valence-electron chi connectivity index (χ2n) is 8.14. The molecule has 1 aliphatic rings. The summed E-state index contributed by atoms with van der Waals surface area (Å²) in [6.07, 6.45) is 1.22. The third-order valence-corrected chi connectivity index (χ3v) is 6.18. The van der Waals surface area contributed by atoms with Gasteiger partial charge in [-0.05, 0) is 55.3 Å². The number of aliphatic imine (C=N–C) groups is 1. The predicted molar refractivity (Wildman–Crippen MR) is 155 cm³/mol. The van der Waals surface area contributed by atoms with Gasteiger partial charge in [0.1, 0.15) is 6.54 Å². The minimum atomic E-state index is -0.196. The van der Waals surface area contributed by atoms with Gasteiger partial charge in [0.05, 0.1) is 22.8 Å². The summed E-state index contributed by atoms with van der Waals surface area (Å²) in [5.41, 5.74) is 5.39. The van der Waals surface area contributed by atoms with Gasteiger partial charge in [0, 0.05) is 41.4 Å². The number of nitrogens with zero attached hydrogens (tertiary/aromatic N) is 2. The first-order valence-electron chi connectivity index (χ1n) is 11.4. The fourth-order valence-electron chi connectivity index (χ4n) is 3.65. The molecular weight excluding hydrogens is 511 g/mol. The number of rotatable bonds is 7. The topological polar surface area (TPSA) is 94.0 Å². The van der Waals surface area contributed by atoms with E-state index >= 15 is 0 Å². The Morgan fingerprint density at radius 3 is 2.54 bits per heavy atom. The molecule has 0 unspecified atom stereocenters. The SMILES string of the molecule is C.CN(CCCO)c1cc(C2=NCC(=O)Nc3ccc(Cl)cc32)ccc1NC=O.Cc1ccccc1Cl. The molecule has 196 valence electrons. The van der Waals surface area contributed by atoms with Crippen molar-refractivity contribution in [1.82, 2.24) is 0 Å². The summed E-state index contributed by atoms with van der Waals surface area (Å²) in [7, 11) is 1.88. The highest BCUT2D eigenvalue weighted by Gasteiger charge is 2.20. The first-order chi connectivity index (χ1) is 17.3. The summed E-state index contributed by atoms with van der Waals surface area (Å²) < 4.78 is 0. The standard InChI is InChI=1S/C20H21ClN4O3.C7H7Cl.CH4/c1-25(7-2-8-26)18-9-13(3-5-17(18)23-12-27)20-15-10-14(21)4-6-16(15)24-19(28)11-22-20;1-6-4-2-3-5-7(6)8;/h3-6,9-10,12,26H,2,7-8,11H2,1H3,(H,23,27)(H,24,28);2-5H,1H3;1H4. The molecule has 0 atom stereocenters. The van der Waals surface area contributed by atoms with Crippen LogP contribution in [0.15, 0.2) is 65.7 Å². The molecule has 3 aromatic rings. The lowest BCUT2D eigenvalue weighted by Gasteiger charge is -2.23. The molecule has 0 bridgehead atoms. The van der Waals surface area contributed by atoms with Gasteiger partial charge in [0.15, 0.2) is 0 Å². The number of halogens is 2. The zero-order valence-corrected chi connectivity index (χ0v) is 21.6. The number of carbonyl (C=O) groups excluding carboxylic acids is 2. The Labute approximate surface area is 228 Å². The predicted octanol–water partition coefficient (Wildman–Crippen LogP) is 5.80. The molecule has 3 aromatic carbocycles. The minimum absolute atomic E-state index is 0. The lowest BCUT2D eigenvalue weighted by Crippen LogP contribution is -2.21. The maximum absolute atomic E-state index is 12.0. The summed E-state index contributed by atoms with van der Waals surface area (Å²) in [6, 6.07) is 18.6. The Morgan fingerprint density at radius 1 is 1.14 bits per heavy atom. The number of amides is 2. The zero-order chi connectivity index (χ0) is 26.1. The fraction of sp³-hybridized carbons (Fsp3) is 0.250. The van der Waals surface area contributed by atoms with Gasteiger partial charge in [0.2, 0.25) is 12.3 Å². The van der Waals surface area contributed by atoms with E-state index in [-0.39, 0.29) is 26.5 Å².